The Morgan fingerprint density at radius 2 is 2.22 bits per heavy atom. The maximum Gasteiger partial charge on any atom is 0.409 e. The van der Waals surface area contributed by atoms with Crippen molar-refractivity contribution in [3.05, 3.63) is 24.3 Å². The normalized spacial score (nSPS) is 18.7. The van der Waals surface area contributed by atoms with Crippen LogP contribution in [0, 0.1) is 0 Å². The van der Waals surface area contributed by atoms with Crippen molar-refractivity contribution in [3.8, 4) is 0 Å². The predicted octanol–water partition coefficient (Wildman–Crippen LogP) is 1.91. The number of benzene rings is 1. The summed E-state index contributed by atoms with van der Waals surface area (Å²) in [4.78, 5) is 13.3. The van der Waals surface area contributed by atoms with Gasteiger partial charge in [-0.25, -0.2) is 4.79 Å². The van der Waals surface area contributed by atoms with Crippen LogP contribution in [0.5, 0.6) is 0 Å². The molecular formula is C13H19N3O2. The second kappa shape index (κ2) is 5.62. The van der Waals surface area contributed by atoms with Crippen LogP contribution >= 0.6 is 0 Å². The molecule has 1 amide bonds. The molecule has 0 aliphatic carbocycles. The first-order chi connectivity index (χ1) is 8.69. The van der Waals surface area contributed by atoms with E-state index in [-0.39, 0.29) is 12.1 Å². The molecular weight excluding hydrogens is 230 g/mol. The van der Waals surface area contributed by atoms with Gasteiger partial charge in [0.15, 0.2) is 0 Å². The van der Waals surface area contributed by atoms with Crippen LogP contribution in [-0.2, 0) is 4.74 Å². The monoisotopic (exact) mass is 249 g/mol. The Morgan fingerprint density at radius 1 is 1.50 bits per heavy atom. The molecule has 1 heterocycles. The van der Waals surface area contributed by atoms with Gasteiger partial charge >= 0.3 is 6.09 Å². The maximum atomic E-state index is 11.5. The molecule has 1 atom stereocenters. The Bertz CT molecular complexity index is 405. The summed E-state index contributed by atoms with van der Waals surface area (Å²) in [6, 6.07) is 7.89. The first-order valence-corrected chi connectivity index (χ1v) is 6.23. The van der Waals surface area contributed by atoms with Crippen LogP contribution in [0.1, 0.15) is 13.3 Å². The molecule has 0 spiro atoms. The molecule has 0 unspecified atom stereocenters. The summed E-state index contributed by atoms with van der Waals surface area (Å²) in [6.07, 6.45) is 0.711. The van der Waals surface area contributed by atoms with Gasteiger partial charge in [0.25, 0.3) is 0 Å². The van der Waals surface area contributed by atoms with E-state index < -0.39 is 0 Å². The largest absolute Gasteiger partial charge is 0.450 e. The highest BCUT2D eigenvalue weighted by Gasteiger charge is 2.26. The van der Waals surface area contributed by atoms with E-state index in [1.54, 1.807) is 4.90 Å². The fraction of sp³-hybridized carbons (Fsp3) is 0.462. The lowest BCUT2D eigenvalue weighted by Gasteiger charge is -2.17. The minimum absolute atomic E-state index is 0.223. The highest BCUT2D eigenvalue weighted by atomic mass is 16.6. The molecule has 1 aliphatic rings. The van der Waals surface area contributed by atoms with Crippen molar-refractivity contribution in [2.24, 2.45) is 0 Å². The van der Waals surface area contributed by atoms with Crippen LogP contribution < -0.4 is 11.1 Å². The van der Waals surface area contributed by atoms with Gasteiger partial charge in [0, 0.05) is 30.5 Å². The average Bonchev–Trinajstić information content (AvgIpc) is 2.81. The lowest BCUT2D eigenvalue weighted by atomic mass is 10.2. The molecule has 2 rings (SSSR count). The van der Waals surface area contributed by atoms with Crippen LogP contribution in [0.25, 0.3) is 0 Å². The van der Waals surface area contributed by atoms with E-state index in [4.69, 9.17) is 10.5 Å². The number of hydrogen-bond acceptors (Lipinski definition) is 4. The third-order valence-electron chi connectivity index (χ3n) is 3.00. The van der Waals surface area contributed by atoms with Gasteiger partial charge in [-0.2, -0.15) is 0 Å². The van der Waals surface area contributed by atoms with Crippen molar-refractivity contribution >= 4 is 17.5 Å². The highest BCUT2D eigenvalue weighted by molar-refractivity contribution is 5.68. The molecule has 0 saturated carbocycles. The van der Waals surface area contributed by atoms with Crippen molar-refractivity contribution in [2.45, 2.75) is 19.4 Å². The number of carbonyl (C=O) groups excluding carboxylic acids is 1. The smallest absolute Gasteiger partial charge is 0.409 e. The highest BCUT2D eigenvalue weighted by Crippen LogP contribution is 2.17. The molecule has 5 nitrogen and oxygen atoms in total. The van der Waals surface area contributed by atoms with Crippen LogP contribution in [0.15, 0.2) is 24.3 Å². The Hall–Kier alpha value is -1.91. The Kier molecular flexibility index (Phi) is 3.92. The molecule has 0 aromatic heterocycles. The number of nitrogens with zero attached hydrogens (tertiary/aromatic N) is 1. The molecule has 0 bridgehead atoms. The van der Waals surface area contributed by atoms with Gasteiger partial charge in [0.2, 0.25) is 0 Å². The van der Waals surface area contributed by atoms with Gasteiger partial charge < -0.3 is 20.7 Å². The summed E-state index contributed by atoms with van der Waals surface area (Å²) in [6.45, 7) is 3.66. The van der Waals surface area contributed by atoms with Crippen molar-refractivity contribution in [2.75, 3.05) is 30.7 Å². The summed E-state index contributed by atoms with van der Waals surface area (Å²) in [7, 11) is 0. The quantitative estimate of drug-likeness (QED) is 0.803. The minimum Gasteiger partial charge on any atom is -0.450 e. The zero-order chi connectivity index (χ0) is 13.0. The van der Waals surface area contributed by atoms with Gasteiger partial charge in [0.05, 0.1) is 6.61 Å². The van der Waals surface area contributed by atoms with E-state index in [1.807, 2.05) is 31.2 Å². The van der Waals surface area contributed by atoms with E-state index >= 15 is 0 Å². The first-order valence-electron chi connectivity index (χ1n) is 6.23. The third kappa shape index (κ3) is 3.06. The second-order valence-corrected chi connectivity index (χ2v) is 4.40. The predicted molar refractivity (Wildman–Crippen MR) is 71.5 cm³/mol. The number of nitrogens with two attached hydrogens (primary N) is 1. The topological polar surface area (TPSA) is 67.6 Å². The van der Waals surface area contributed by atoms with Crippen LogP contribution in [0.3, 0.4) is 0 Å². The number of ether oxygens (including phenoxy) is 1. The zero-order valence-corrected chi connectivity index (χ0v) is 10.6. The van der Waals surface area contributed by atoms with Gasteiger partial charge in [-0.15, -0.1) is 0 Å². The van der Waals surface area contributed by atoms with E-state index in [1.165, 1.54) is 0 Å². The van der Waals surface area contributed by atoms with Gasteiger partial charge in [-0.3, -0.25) is 0 Å². The number of likely N-dealkylation sites (tertiary alicyclic amines) is 1. The fourth-order valence-corrected chi connectivity index (χ4v) is 2.07. The van der Waals surface area contributed by atoms with E-state index in [9.17, 15) is 4.79 Å². The molecule has 1 fully saturated rings. The molecule has 5 heteroatoms. The number of anilines is 2. The number of amides is 1. The van der Waals surface area contributed by atoms with Crippen molar-refractivity contribution in [3.63, 3.8) is 0 Å². The summed E-state index contributed by atoms with van der Waals surface area (Å²) >= 11 is 0. The standard InChI is InChI=1S/C13H19N3O2/c1-2-18-13(17)16-8-7-12(9-16)15-11-5-3-10(14)4-6-11/h3-6,12,15H,2,7-9,14H2,1H3/t12-/m0/s1. The lowest BCUT2D eigenvalue weighted by molar-refractivity contribution is 0.115. The molecule has 3 N–H and O–H groups in total. The SMILES string of the molecule is CCOC(=O)N1CC[C@H](Nc2ccc(N)cc2)C1. The number of rotatable bonds is 3. The van der Waals surface area contributed by atoms with Crippen LogP contribution in [0.4, 0.5) is 16.2 Å². The van der Waals surface area contributed by atoms with Crippen LogP contribution in [-0.4, -0.2) is 36.7 Å². The van der Waals surface area contributed by atoms with Crippen molar-refractivity contribution in [1.82, 2.24) is 4.90 Å². The van der Waals surface area contributed by atoms with Gasteiger partial charge in [-0.05, 0) is 37.6 Å². The summed E-state index contributed by atoms with van der Waals surface area (Å²) in [5.41, 5.74) is 7.41. The van der Waals surface area contributed by atoms with Crippen molar-refractivity contribution in [1.29, 1.82) is 0 Å². The Balaban J connectivity index is 1.86. The van der Waals surface area contributed by atoms with Gasteiger partial charge in [-0.1, -0.05) is 0 Å². The Morgan fingerprint density at radius 3 is 2.89 bits per heavy atom. The van der Waals surface area contributed by atoms with E-state index in [2.05, 4.69) is 5.32 Å². The van der Waals surface area contributed by atoms with Gasteiger partial charge in [0.1, 0.15) is 0 Å². The molecule has 98 valence electrons. The molecule has 1 aromatic rings. The fourth-order valence-electron chi connectivity index (χ4n) is 2.07. The zero-order valence-electron chi connectivity index (χ0n) is 10.6. The first kappa shape index (κ1) is 12.5. The molecule has 0 radical (unpaired) electrons. The second-order valence-electron chi connectivity index (χ2n) is 4.40. The number of carbonyl (C=O) groups is 1. The summed E-state index contributed by atoms with van der Waals surface area (Å²) < 4.78 is 4.98. The lowest BCUT2D eigenvalue weighted by Crippen LogP contribution is -2.32. The van der Waals surface area contributed by atoms with E-state index in [0.717, 1.165) is 24.3 Å². The maximum absolute atomic E-state index is 11.5. The molecule has 1 aromatic carbocycles. The van der Waals surface area contributed by atoms with E-state index in [0.29, 0.717) is 13.2 Å². The third-order valence-corrected chi connectivity index (χ3v) is 3.00. The number of nitrogens with one attached hydrogen (secondary N) is 1. The Labute approximate surface area is 107 Å². The minimum atomic E-state index is -0.223. The molecule has 18 heavy (non-hydrogen) atoms. The molecule has 1 aliphatic heterocycles. The average molecular weight is 249 g/mol. The number of nitrogen functional groups attached to an aromatic ring is 1. The summed E-state index contributed by atoms with van der Waals surface area (Å²) in [5.74, 6) is 0. The molecule has 1 saturated heterocycles. The summed E-state index contributed by atoms with van der Waals surface area (Å²) in [5, 5.41) is 3.39. The van der Waals surface area contributed by atoms with Crippen LogP contribution in [0.2, 0.25) is 0 Å². The van der Waals surface area contributed by atoms with Crippen molar-refractivity contribution < 1.29 is 9.53 Å². The number of hydrogen-bond donors (Lipinski definition) is 2.